The van der Waals surface area contributed by atoms with Gasteiger partial charge in [-0.15, -0.1) is 0 Å². The number of rotatable bonds is 2. The predicted molar refractivity (Wildman–Crippen MR) is 89.4 cm³/mol. The minimum atomic E-state index is -4.47. The second-order valence-corrected chi connectivity index (χ2v) is 6.38. The molecule has 130 valence electrons. The lowest BCUT2D eigenvalue weighted by molar-refractivity contribution is -0.300. The van der Waals surface area contributed by atoms with Crippen LogP contribution in [0.4, 0.5) is 13.2 Å². The zero-order valence-electron chi connectivity index (χ0n) is 13.5. The summed E-state index contributed by atoms with van der Waals surface area (Å²) in [5, 5.41) is 0. The van der Waals surface area contributed by atoms with E-state index in [9.17, 15) is 13.2 Å². The molecule has 0 aromatic heterocycles. The van der Waals surface area contributed by atoms with Gasteiger partial charge in [-0.25, -0.2) is 0 Å². The number of nitrogens with zero attached hydrogens (tertiary/aromatic N) is 1. The first-order valence-electron chi connectivity index (χ1n) is 8.33. The topological polar surface area (TPSA) is 12.5 Å². The third-order valence-corrected chi connectivity index (χ3v) is 4.96. The average molecular weight is 345 g/mol. The van der Waals surface area contributed by atoms with Crippen LogP contribution in [0.1, 0.15) is 30.0 Å². The van der Waals surface area contributed by atoms with E-state index in [1.54, 1.807) is 0 Å². The Bertz CT molecular complexity index is 773. The van der Waals surface area contributed by atoms with Crippen LogP contribution in [0.3, 0.4) is 0 Å². The average Bonchev–Trinajstić information content (AvgIpc) is 3.04. The molecule has 25 heavy (non-hydrogen) atoms. The van der Waals surface area contributed by atoms with Gasteiger partial charge in [-0.1, -0.05) is 66.7 Å². The summed E-state index contributed by atoms with van der Waals surface area (Å²) in [7, 11) is 0. The molecule has 2 aromatic rings. The standard InChI is InChI=1S/C20H18F3NO/c21-20(22,23)19-13-7-12-17(15-8-3-1-4-9-15)24(19)18(14-25-19)16-10-5-2-6-11-16/h1-6,8-12,18H,7,13-14H2/t18-,19+/m1/s1. The van der Waals surface area contributed by atoms with Crippen molar-refractivity contribution in [3.05, 3.63) is 77.9 Å². The highest BCUT2D eigenvalue weighted by Gasteiger charge is 2.66. The zero-order chi connectivity index (χ0) is 17.5. The van der Waals surface area contributed by atoms with Crippen LogP contribution in [0.25, 0.3) is 5.70 Å². The van der Waals surface area contributed by atoms with Crippen molar-refractivity contribution in [3.63, 3.8) is 0 Å². The maximum absolute atomic E-state index is 14.1. The minimum absolute atomic E-state index is 0.0215. The SMILES string of the molecule is FC(F)(F)[C@@]12CCC=C(c3ccccc3)N1[C@@H](c1ccccc1)CO2. The molecule has 2 aliphatic heterocycles. The zero-order valence-corrected chi connectivity index (χ0v) is 13.5. The fraction of sp³-hybridized carbons (Fsp3) is 0.300. The van der Waals surface area contributed by atoms with Gasteiger partial charge in [0.2, 0.25) is 5.72 Å². The minimum Gasteiger partial charge on any atom is -0.345 e. The van der Waals surface area contributed by atoms with Crippen LogP contribution < -0.4 is 0 Å². The third-order valence-electron chi connectivity index (χ3n) is 4.96. The number of hydrogen-bond donors (Lipinski definition) is 0. The first-order valence-corrected chi connectivity index (χ1v) is 8.33. The van der Waals surface area contributed by atoms with Crippen LogP contribution in [0.2, 0.25) is 0 Å². The van der Waals surface area contributed by atoms with E-state index >= 15 is 0 Å². The molecule has 0 N–H and O–H groups in total. The molecule has 4 rings (SSSR count). The Kier molecular flexibility index (Phi) is 3.84. The van der Waals surface area contributed by atoms with E-state index in [0.29, 0.717) is 12.1 Å². The van der Waals surface area contributed by atoms with Gasteiger partial charge in [-0.05, 0) is 17.5 Å². The molecule has 0 unspecified atom stereocenters. The molecule has 2 aliphatic rings. The summed E-state index contributed by atoms with van der Waals surface area (Å²) < 4.78 is 47.7. The van der Waals surface area contributed by atoms with E-state index in [4.69, 9.17) is 4.74 Å². The molecule has 0 bridgehead atoms. The van der Waals surface area contributed by atoms with Crippen LogP contribution in [-0.2, 0) is 4.74 Å². The monoisotopic (exact) mass is 345 g/mol. The van der Waals surface area contributed by atoms with Crippen molar-refractivity contribution < 1.29 is 17.9 Å². The quantitative estimate of drug-likeness (QED) is 0.746. The summed E-state index contributed by atoms with van der Waals surface area (Å²) in [5.41, 5.74) is -0.0527. The highest BCUT2D eigenvalue weighted by atomic mass is 19.4. The highest BCUT2D eigenvalue weighted by Crippen LogP contribution is 2.54. The third kappa shape index (κ3) is 2.54. The number of halogens is 3. The van der Waals surface area contributed by atoms with Gasteiger partial charge >= 0.3 is 6.18 Å². The van der Waals surface area contributed by atoms with Gasteiger partial charge in [-0.3, -0.25) is 0 Å². The van der Waals surface area contributed by atoms with Crippen molar-refractivity contribution in [1.82, 2.24) is 4.90 Å². The molecule has 2 nitrogen and oxygen atoms in total. The molecule has 0 saturated carbocycles. The highest BCUT2D eigenvalue weighted by molar-refractivity contribution is 5.66. The van der Waals surface area contributed by atoms with Gasteiger partial charge in [0.15, 0.2) is 0 Å². The molecule has 1 fully saturated rings. The number of allylic oxidation sites excluding steroid dienone is 1. The van der Waals surface area contributed by atoms with Crippen molar-refractivity contribution in [2.75, 3.05) is 6.61 Å². The van der Waals surface area contributed by atoms with E-state index in [0.717, 1.165) is 11.1 Å². The lowest BCUT2D eigenvalue weighted by Crippen LogP contribution is -2.57. The molecule has 0 radical (unpaired) electrons. The fourth-order valence-corrected chi connectivity index (χ4v) is 3.82. The van der Waals surface area contributed by atoms with Crippen LogP contribution in [0, 0.1) is 0 Å². The molecule has 2 heterocycles. The van der Waals surface area contributed by atoms with Gasteiger partial charge in [0, 0.05) is 12.1 Å². The second-order valence-electron chi connectivity index (χ2n) is 6.38. The molecular formula is C20H18F3NO. The van der Waals surface area contributed by atoms with E-state index < -0.39 is 17.9 Å². The Morgan fingerprint density at radius 3 is 2.24 bits per heavy atom. The predicted octanol–water partition coefficient (Wildman–Crippen LogP) is 5.15. The van der Waals surface area contributed by atoms with E-state index in [1.165, 1.54) is 4.90 Å². The van der Waals surface area contributed by atoms with Gasteiger partial charge in [-0.2, -0.15) is 13.2 Å². The van der Waals surface area contributed by atoms with Crippen molar-refractivity contribution in [1.29, 1.82) is 0 Å². The first kappa shape index (κ1) is 16.2. The van der Waals surface area contributed by atoms with Crippen LogP contribution >= 0.6 is 0 Å². The summed E-state index contributed by atoms with van der Waals surface area (Å²) in [6, 6.07) is 18.0. The smallest absolute Gasteiger partial charge is 0.345 e. The molecular weight excluding hydrogens is 327 g/mol. The molecule has 0 amide bonds. The summed E-state index contributed by atoms with van der Waals surface area (Å²) in [4.78, 5) is 1.45. The molecule has 2 aromatic carbocycles. The van der Waals surface area contributed by atoms with Crippen molar-refractivity contribution in [2.24, 2.45) is 0 Å². The van der Waals surface area contributed by atoms with Gasteiger partial charge in [0.1, 0.15) is 0 Å². The molecule has 0 aliphatic carbocycles. The molecule has 0 spiro atoms. The Morgan fingerprint density at radius 2 is 1.60 bits per heavy atom. The fourth-order valence-electron chi connectivity index (χ4n) is 3.82. The summed E-state index contributed by atoms with van der Waals surface area (Å²) in [5.74, 6) is 0. The summed E-state index contributed by atoms with van der Waals surface area (Å²) >= 11 is 0. The number of fused-ring (bicyclic) bond motifs is 1. The first-order chi connectivity index (χ1) is 12.0. The lowest BCUT2D eigenvalue weighted by Gasteiger charge is -2.45. The number of benzene rings is 2. The molecule has 5 heteroatoms. The van der Waals surface area contributed by atoms with Crippen LogP contribution in [0.15, 0.2) is 66.7 Å². The number of alkyl halides is 3. The molecule has 2 atom stereocenters. The van der Waals surface area contributed by atoms with Gasteiger partial charge < -0.3 is 9.64 Å². The number of ether oxygens (including phenoxy) is 1. The number of hydrogen-bond acceptors (Lipinski definition) is 2. The normalized spacial score (nSPS) is 26.3. The van der Waals surface area contributed by atoms with Crippen molar-refractivity contribution in [3.8, 4) is 0 Å². The summed E-state index contributed by atoms with van der Waals surface area (Å²) in [6.45, 7) is 0.0215. The Morgan fingerprint density at radius 1 is 0.960 bits per heavy atom. The summed E-state index contributed by atoms with van der Waals surface area (Å²) in [6.07, 6.45) is -2.33. The van der Waals surface area contributed by atoms with E-state index in [1.807, 2.05) is 66.7 Å². The molecule has 1 saturated heterocycles. The second kappa shape index (κ2) is 5.92. The van der Waals surface area contributed by atoms with Gasteiger partial charge in [0.25, 0.3) is 0 Å². The Labute approximate surface area is 144 Å². The largest absolute Gasteiger partial charge is 0.436 e. The van der Waals surface area contributed by atoms with Crippen LogP contribution in [-0.4, -0.2) is 23.4 Å². The Hall–Kier alpha value is -2.27. The lowest BCUT2D eigenvalue weighted by atomic mass is 9.93. The van der Waals surface area contributed by atoms with E-state index in [-0.39, 0.29) is 13.0 Å². The van der Waals surface area contributed by atoms with Crippen LogP contribution in [0.5, 0.6) is 0 Å². The van der Waals surface area contributed by atoms with Gasteiger partial charge in [0.05, 0.1) is 12.6 Å². The van der Waals surface area contributed by atoms with Crippen molar-refractivity contribution >= 4 is 5.70 Å². The van der Waals surface area contributed by atoms with E-state index in [2.05, 4.69) is 0 Å². The van der Waals surface area contributed by atoms with Crippen molar-refractivity contribution in [2.45, 2.75) is 30.8 Å². The Balaban J connectivity index is 1.85. The maximum Gasteiger partial charge on any atom is 0.436 e. The maximum atomic E-state index is 14.1.